The van der Waals surface area contributed by atoms with E-state index in [1.54, 1.807) is 10.9 Å². The third-order valence-electron chi connectivity index (χ3n) is 4.43. The second-order valence-corrected chi connectivity index (χ2v) is 6.61. The number of halogens is 4. The first-order valence-electron chi connectivity index (χ1n) is 9.12. The van der Waals surface area contributed by atoms with Gasteiger partial charge in [-0.1, -0.05) is 42.5 Å². The van der Waals surface area contributed by atoms with Crippen molar-refractivity contribution in [2.75, 3.05) is 5.32 Å². The van der Waals surface area contributed by atoms with Crippen LogP contribution < -0.4 is 5.32 Å². The van der Waals surface area contributed by atoms with E-state index in [0.717, 1.165) is 23.9 Å². The average molecular weight is 429 g/mol. The molecule has 0 aliphatic rings. The first-order valence-corrected chi connectivity index (χ1v) is 9.12. The summed E-state index contributed by atoms with van der Waals surface area (Å²) in [6.45, 7) is 0.426. The molecule has 6 nitrogen and oxygen atoms in total. The van der Waals surface area contributed by atoms with Crippen LogP contribution in [0.15, 0.2) is 73.1 Å². The van der Waals surface area contributed by atoms with E-state index in [9.17, 15) is 22.4 Å². The molecule has 4 rings (SSSR count). The van der Waals surface area contributed by atoms with Crippen LogP contribution in [0.1, 0.15) is 21.6 Å². The highest BCUT2D eigenvalue weighted by Crippen LogP contribution is 2.34. The molecule has 0 fully saturated rings. The van der Waals surface area contributed by atoms with Gasteiger partial charge in [0.15, 0.2) is 11.5 Å². The van der Waals surface area contributed by atoms with Gasteiger partial charge in [-0.15, -0.1) is 0 Å². The molecule has 158 valence electrons. The van der Waals surface area contributed by atoms with Gasteiger partial charge in [-0.3, -0.25) is 9.48 Å². The fourth-order valence-electron chi connectivity index (χ4n) is 3.06. The molecule has 10 heteroatoms. The summed E-state index contributed by atoms with van der Waals surface area (Å²) in [7, 11) is 0. The summed E-state index contributed by atoms with van der Waals surface area (Å²) in [4.78, 5) is 12.6. The predicted molar refractivity (Wildman–Crippen MR) is 104 cm³/mol. The summed E-state index contributed by atoms with van der Waals surface area (Å²) >= 11 is 0. The molecule has 0 atom stereocenters. The maximum Gasteiger partial charge on any atom is 0.434 e. The lowest BCUT2D eigenvalue weighted by Crippen LogP contribution is -2.21. The number of anilines is 1. The molecule has 0 unspecified atom stereocenters. The quantitative estimate of drug-likeness (QED) is 0.474. The van der Waals surface area contributed by atoms with E-state index in [1.165, 1.54) is 18.2 Å². The summed E-state index contributed by atoms with van der Waals surface area (Å²) < 4.78 is 57.1. The minimum atomic E-state index is -4.95. The van der Waals surface area contributed by atoms with Crippen molar-refractivity contribution in [3.63, 3.8) is 0 Å². The SMILES string of the molecule is O=C(Nc1ccn(Cc2ccccc2)n1)c1cnn(-c2ccccc2F)c1C(F)(F)F. The van der Waals surface area contributed by atoms with Crippen molar-refractivity contribution >= 4 is 11.7 Å². The molecule has 31 heavy (non-hydrogen) atoms. The molecule has 0 aliphatic carbocycles. The third-order valence-corrected chi connectivity index (χ3v) is 4.43. The zero-order valence-corrected chi connectivity index (χ0v) is 15.8. The molecule has 0 bridgehead atoms. The van der Waals surface area contributed by atoms with Gasteiger partial charge in [0.2, 0.25) is 0 Å². The standard InChI is InChI=1S/C21H15F4N5O/c22-16-8-4-5-9-17(16)30-19(21(23,24)25)15(12-26-30)20(31)27-18-10-11-29(28-18)13-14-6-2-1-3-7-14/h1-12H,13H2,(H,27,28,31). The highest BCUT2D eigenvalue weighted by molar-refractivity contribution is 6.04. The van der Waals surface area contributed by atoms with E-state index in [4.69, 9.17) is 0 Å². The van der Waals surface area contributed by atoms with Gasteiger partial charge < -0.3 is 5.32 Å². The van der Waals surface area contributed by atoms with Gasteiger partial charge in [-0.2, -0.15) is 23.4 Å². The summed E-state index contributed by atoms with van der Waals surface area (Å²) in [5.74, 6) is -1.88. The summed E-state index contributed by atoms with van der Waals surface area (Å²) in [6, 6.07) is 15.7. The molecular weight excluding hydrogens is 414 g/mol. The smallest absolute Gasteiger partial charge is 0.305 e. The van der Waals surface area contributed by atoms with Crippen molar-refractivity contribution in [1.29, 1.82) is 0 Å². The minimum Gasteiger partial charge on any atom is -0.305 e. The molecule has 4 aromatic rings. The highest BCUT2D eigenvalue weighted by atomic mass is 19.4. The Morgan fingerprint density at radius 1 is 1.00 bits per heavy atom. The lowest BCUT2D eigenvalue weighted by molar-refractivity contribution is -0.143. The van der Waals surface area contributed by atoms with Gasteiger partial charge in [0.1, 0.15) is 11.5 Å². The number of carbonyl (C=O) groups is 1. The molecule has 0 radical (unpaired) electrons. The number of carbonyl (C=O) groups excluding carboxylic acids is 1. The fourth-order valence-corrected chi connectivity index (χ4v) is 3.06. The lowest BCUT2D eigenvalue weighted by Gasteiger charge is -2.13. The van der Waals surface area contributed by atoms with Gasteiger partial charge in [-0.25, -0.2) is 9.07 Å². The Kier molecular flexibility index (Phi) is 5.28. The van der Waals surface area contributed by atoms with Crippen LogP contribution in [0.4, 0.5) is 23.4 Å². The minimum absolute atomic E-state index is 0.0766. The number of benzene rings is 2. The van der Waals surface area contributed by atoms with Crippen molar-refractivity contribution in [1.82, 2.24) is 19.6 Å². The summed E-state index contributed by atoms with van der Waals surface area (Å²) in [6.07, 6.45) is -2.60. The van der Waals surface area contributed by atoms with Crippen molar-refractivity contribution in [2.45, 2.75) is 12.7 Å². The molecule has 2 aromatic heterocycles. The Labute approximate surface area is 173 Å². The van der Waals surface area contributed by atoms with Crippen LogP contribution in [0, 0.1) is 5.82 Å². The molecule has 1 N–H and O–H groups in total. The predicted octanol–water partition coefficient (Wildman–Crippen LogP) is 4.53. The number of aromatic nitrogens is 4. The van der Waals surface area contributed by atoms with E-state index >= 15 is 0 Å². The maximum atomic E-state index is 14.0. The van der Waals surface area contributed by atoms with Crippen LogP contribution in [-0.2, 0) is 12.7 Å². The Hall–Kier alpha value is -3.95. The second kappa shape index (κ2) is 8.05. The van der Waals surface area contributed by atoms with Crippen molar-refractivity contribution < 1.29 is 22.4 Å². The topological polar surface area (TPSA) is 64.7 Å². The van der Waals surface area contributed by atoms with Crippen LogP contribution >= 0.6 is 0 Å². The number of para-hydroxylation sites is 1. The average Bonchev–Trinajstić information content (AvgIpc) is 3.36. The Bertz CT molecular complexity index is 1210. The van der Waals surface area contributed by atoms with Gasteiger partial charge in [0.25, 0.3) is 5.91 Å². The normalized spacial score (nSPS) is 11.5. The van der Waals surface area contributed by atoms with E-state index in [0.29, 0.717) is 11.2 Å². The number of alkyl halides is 3. The largest absolute Gasteiger partial charge is 0.434 e. The molecular formula is C21H15F4N5O. The second-order valence-electron chi connectivity index (χ2n) is 6.61. The van der Waals surface area contributed by atoms with Crippen LogP contribution in [0.5, 0.6) is 0 Å². The van der Waals surface area contributed by atoms with E-state index < -0.39 is 34.8 Å². The highest BCUT2D eigenvalue weighted by Gasteiger charge is 2.41. The molecule has 0 aliphatic heterocycles. The molecule has 0 spiro atoms. The number of hydrogen-bond acceptors (Lipinski definition) is 3. The van der Waals surface area contributed by atoms with Crippen LogP contribution in [0.25, 0.3) is 5.69 Å². The molecule has 2 heterocycles. The van der Waals surface area contributed by atoms with E-state index in [-0.39, 0.29) is 5.82 Å². The maximum absolute atomic E-state index is 14.0. The zero-order chi connectivity index (χ0) is 22.0. The molecule has 2 aromatic carbocycles. The van der Waals surface area contributed by atoms with Crippen LogP contribution in [0.2, 0.25) is 0 Å². The number of hydrogen-bond donors (Lipinski definition) is 1. The van der Waals surface area contributed by atoms with Gasteiger partial charge in [0, 0.05) is 12.3 Å². The summed E-state index contributed by atoms with van der Waals surface area (Å²) in [5, 5.41) is 10.1. The molecule has 1 amide bonds. The monoisotopic (exact) mass is 429 g/mol. The number of nitrogens with zero attached hydrogens (tertiary/aromatic N) is 4. The zero-order valence-electron chi connectivity index (χ0n) is 15.8. The summed E-state index contributed by atoms with van der Waals surface area (Å²) in [5.41, 5.74) is -1.57. The fraction of sp³-hybridized carbons (Fsp3) is 0.0952. The van der Waals surface area contributed by atoms with Gasteiger partial charge in [0.05, 0.1) is 18.3 Å². The van der Waals surface area contributed by atoms with Crippen molar-refractivity contribution in [2.24, 2.45) is 0 Å². The van der Waals surface area contributed by atoms with E-state index in [1.807, 2.05) is 30.3 Å². The van der Waals surface area contributed by atoms with Crippen molar-refractivity contribution in [3.8, 4) is 5.69 Å². The number of nitrogens with one attached hydrogen (secondary N) is 1. The van der Waals surface area contributed by atoms with E-state index in [2.05, 4.69) is 15.5 Å². The Morgan fingerprint density at radius 2 is 1.71 bits per heavy atom. The number of amides is 1. The van der Waals surface area contributed by atoms with Crippen LogP contribution in [0.3, 0.4) is 0 Å². The Morgan fingerprint density at radius 3 is 2.42 bits per heavy atom. The molecule has 0 saturated heterocycles. The van der Waals surface area contributed by atoms with Crippen LogP contribution in [-0.4, -0.2) is 25.5 Å². The molecule has 0 saturated carbocycles. The first kappa shape index (κ1) is 20.3. The number of rotatable bonds is 5. The van der Waals surface area contributed by atoms with Gasteiger partial charge in [-0.05, 0) is 17.7 Å². The third kappa shape index (κ3) is 4.32. The Balaban J connectivity index is 1.60. The van der Waals surface area contributed by atoms with Gasteiger partial charge >= 0.3 is 6.18 Å². The lowest BCUT2D eigenvalue weighted by atomic mass is 10.2. The van der Waals surface area contributed by atoms with Crippen molar-refractivity contribution in [3.05, 3.63) is 95.7 Å². The first-order chi connectivity index (χ1) is 14.8.